The molecular weight excluding hydrogens is 270 g/mol. The van der Waals surface area contributed by atoms with Crippen molar-refractivity contribution in [2.75, 3.05) is 5.75 Å². The van der Waals surface area contributed by atoms with Crippen molar-refractivity contribution in [3.05, 3.63) is 65.7 Å². The summed E-state index contributed by atoms with van der Waals surface area (Å²) in [7, 11) is -3.17. The first kappa shape index (κ1) is 13.3. The maximum Gasteiger partial charge on any atom is 0.179 e. The van der Waals surface area contributed by atoms with Gasteiger partial charge in [-0.05, 0) is 23.6 Å². The SMILES string of the molecule is NC(Cc1ccccc1)C1CS(=O)(=O)c2ccccc21. The van der Waals surface area contributed by atoms with E-state index in [4.69, 9.17) is 5.73 Å². The number of rotatable bonds is 3. The van der Waals surface area contributed by atoms with Crippen molar-refractivity contribution in [2.45, 2.75) is 23.3 Å². The van der Waals surface area contributed by atoms with Crippen LogP contribution in [0.3, 0.4) is 0 Å². The summed E-state index contributed by atoms with van der Waals surface area (Å²) in [6.45, 7) is 0. The number of nitrogens with two attached hydrogens (primary N) is 1. The van der Waals surface area contributed by atoms with Gasteiger partial charge in [0.05, 0.1) is 10.6 Å². The lowest BCUT2D eigenvalue weighted by Crippen LogP contribution is -2.31. The van der Waals surface area contributed by atoms with Gasteiger partial charge in [0.2, 0.25) is 0 Å². The van der Waals surface area contributed by atoms with Crippen LogP contribution in [-0.2, 0) is 16.3 Å². The molecule has 2 N–H and O–H groups in total. The number of sulfone groups is 1. The maximum atomic E-state index is 12.2. The predicted octanol–water partition coefficient (Wildman–Crippen LogP) is 2.13. The highest BCUT2D eigenvalue weighted by Gasteiger charge is 2.37. The Morgan fingerprint density at radius 3 is 2.45 bits per heavy atom. The fourth-order valence-electron chi connectivity index (χ4n) is 2.87. The van der Waals surface area contributed by atoms with E-state index < -0.39 is 9.84 Å². The van der Waals surface area contributed by atoms with E-state index in [1.807, 2.05) is 42.5 Å². The fourth-order valence-corrected chi connectivity index (χ4v) is 4.81. The summed E-state index contributed by atoms with van der Waals surface area (Å²) in [5.74, 6) is 0.0109. The molecule has 104 valence electrons. The number of hydrogen-bond donors (Lipinski definition) is 1. The summed E-state index contributed by atoms with van der Waals surface area (Å²) < 4.78 is 24.3. The minimum absolute atomic E-state index is 0.114. The molecule has 0 saturated heterocycles. The van der Waals surface area contributed by atoms with Gasteiger partial charge in [-0.2, -0.15) is 0 Å². The minimum Gasteiger partial charge on any atom is -0.327 e. The van der Waals surface area contributed by atoms with Crippen LogP contribution >= 0.6 is 0 Å². The van der Waals surface area contributed by atoms with Crippen LogP contribution in [0.25, 0.3) is 0 Å². The van der Waals surface area contributed by atoms with Crippen molar-refractivity contribution in [1.82, 2.24) is 0 Å². The molecule has 4 heteroatoms. The molecule has 1 aliphatic rings. The van der Waals surface area contributed by atoms with Gasteiger partial charge in [-0.1, -0.05) is 48.5 Å². The van der Waals surface area contributed by atoms with Crippen LogP contribution in [0.2, 0.25) is 0 Å². The van der Waals surface area contributed by atoms with Gasteiger partial charge in [0.1, 0.15) is 0 Å². The Labute approximate surface area is 119 Å². The predicted molar refractivity (Wildman–Crippen MR) is 79.4 cm³/mol. The molecule has 0 aliphatic carbocycles. The van der Waals surface area contributed by atoms with Gasteiger partial charge in [-0.15, -0.1) is 0 Å². The lowest BCUT2D eigenvalue weighted by molar-refractivity contribution is 0.559. The molecule has 0 aromatic heterocycles. The van der Waals surface area contributed by atoms with Crippen molar-refractivity contribution in [3.8, 4) is 0 Å². The van der Waals surface area contributed by atoms with Crippen LogP contribution in [0.1, 0.15) is 17.0 Å². The van der Waals surface area contributed by atoms with E-state index in [0.717, 1.165) is 11.1 Å². The Kier molecular flexibility index (Phi) is 3.36. The first-order valence-electron chi connectivity index (χ1n) is 6.69. The number of fused-ring (bicyclic) bond motifs is 1. The highest BCUT2D eigenvalue weighted by atomic mass is 32.2. The van der Waals surface area contributed by atoms with Crippen molar-refractivity contribution in [3.63, 3.8) is 0 Å². The van der Waals surface area contributed by atoms with E-state index in [2.05, 4.69) is 0 Å². The van der Waals surface area contributed by atoms with Crippen LogP contribution in [0.5, 0.6) is 0 Å². The smallest absolute Gasteiger partial charge is 0.179 e. The molecule has 3 rings (SSSR count). The molecule has 2 unspecified atom stereocenters. The summed E-state index contributed by atoms with van der Waals surface area (Å²) in [5, 5.41) is 0. The Morgan fingerprint density at radius 2 is 1.70 bits per heavy atom. The highest BCUT2D eigenvalue weighted by Crippen LogP contribution is 2.36. The van der Waals surface area contributed by atoms with Crippen LogP contribution in [0.4, 0.5) is 0 Å². The Bertz CT molecular complexity index is 710. The first-order chi connectivity index (χ1) is 9.58. The van der Waals surface area contributed by atoms with Gasteiger partial charge < -0.3 is 5.73 Å². The normalized spacial score (nSPS) is 21.4. The Morgan fingerprint density at radius 1 is 1.05 bits per heavy atom. The summed E-state index contributed by atoms with van der Waals surface area (Å²) in [4.78, 5) is 0.452. The molecule has 0 spiro atoms. The lowest BCUT2D eigenvalue weighted by atomic mass is 9.90. The quantitative estimate of drug-likeness (QED) is 0.940. The molecule has 0 fully saturated rings. The highest BCUT2D eigenvalue weighted by molar-refractivity contribution is 7.91. The number of benzene rings is 2. The molecule has 1 aliphatic heterocycles. The topological polar surface area (TPSA) is 60.2 Å². The summed E-state index contributed by atoms with van der Waals surface area (Å²) in [6, 6.07) is 17.0. The summed E-state index contributed by atoms with van der Waals surface area (Å²) >= 11 is 0. The zero-order valence-electron chi connectivity index (χ0n) is 11.1. The molecule has 20 heavy (non-hydrogen) atoms. The molecule has 3 nitrogen and oxygen atoms in total. The average molecular weight is 287 g/mol. The molecule has 1 heterocycles. The lowest BCUT2D eigenvalue weighted by Gasteiger charge is -2.19. The zero-order valence-corrected chi connectivity index (χ0v) is 11.9. The monoisotopic (exact) mass is 287 g/mol. The van der Waals surface area contributed by atoms with E-state index >= 15 is 0 Å². The molecule has 0 saturated carbocycles. The molecule has 2 aromatic rings. The average Bonchev–Trinajstić information content (AvgIpc) is 2.73. The van der Waals surface area contributed by atoms with E-state index in [1.165, 1.54) is 0 Å². The summed E-state index contributed by atoms with van der Waals surface area (Å²) in [5.41, 5.74) is 8.29. The van der Waals surface area contributed by atoms with Gasteiger partial charge in [0.25, 0.3) is 0 Å². The van der Waals surface area contributed by atoms with Crippen LogP contribution in [0, 0.1) is 0 Å². The second kappa shape index (κ2) is 5.04. The summed E-state index contributed by atoms with van der Waals surface area (Å²) in [6.07, 6.45) is 0.690. The molecule has 0 radical (unpaired) electrons. The molecule has 0 bridgehead atoms. The Hall–Kier alpha value is -1.65. The third kappa shape index (κ3) is 2.37. The van der Waals surface area contributed by atoms with Gasteiger partial charge in [0, 0.05) is 12.0 Å². The molecule has 2 aromatic carbocycles. The van der Waals surface area contributed by atoms with Crippen LogP contribution < -0.4 is 5.73 Å². The van der Waals surface area contributed by atoms with Crippen LogP contribution in [-0.4, -0.2) is 20.2 Å². The molecular formula is C16H17NO2S. The molecule has 2 atom stereocenters. The van der Waals surface area contributed by atoms with Gasteiger partial charge in [0.15, 0.2) is 9.84 Å². The fraction of sp³-hybridized carbons (Fsp3) is 0.250. The second-order valence-electron chi connectivity index (χ2n) is 5.28. The van der Waals surface area contributed by atoms with E-state index in [1.54, 1.807) is 12.1 Å². The minimum atomic E-state index is -3.17. The van der Waals surface area contributed by atoms with Crippen molar-refractivity contribution >= 4 is 9.84 Å². The zero-order chi connectivity index (χ0) is 14.2. The standard InChI is InChI=1S/C16H17NO2S/c17-15(10-12-6-2-1-3-7-12)14-11-20(18,19)16-9-5-4-8-13(14)16/h1-9,14-15H,10-11,17H2. The third-order valence-corrected chi connectivity index (χ3v) is 5.72. The van der Waals surface area contributed by atoms with Crippen molar-refractivity contribution in [2.24, 2.45) is 5.73 Å². The van der Waals surface area contributed by atoms with Gasteiger partial charge in [-0.25, -0.2) is 8.42 Å². The van der Waals surface area contributed by atoms with Crippen molar-refractivity contribution < 1.29 is 8.42 Å². The van der Waals surface area contributed by atoms with Gasteiger partial charge in [-0.3, -0.25) is 0 Å². The van der Waals surface area contributed by atoms with Crippen molar-refractivity contribution in [1.29, 1.82) is 0 Å². The van der Waals surface area contributed by atoms with E-state index in [9.17, 15) is 8.42 Å². The second-order valence-corrected chi connectivity index (χ2v) is 7.28. The van der Waals surface area contributed by atoms with E-state index in [0.29, 0.717) is 11.3 Å². The Balaban J connectivity index is 1.89. The third-order valence-electron chi connectivity index (χ3n) is 3.88. The van der Waals surface area contributed by atoms with Crippen LogP contribution in [0.15, 0.2) is 59.5 Å². The van der Waals surface area contributed by atoms with Gasteiger partial charge >= 0.3 is 0 Å². The maximum absolute atomic E-state index is 12.2. The first-order valence-corrected chi connectivity index (χ1v) is 8.34. The number of hydrogen-bond acceptors (Lipinski definition) is 3. The van der Waals surface area contributed by atoms with E-state index in [-0.39, 0.29) is 17.7 Å². The largest absolute Gasteiger partial charge is 0.327 e. The molecule has 0 amide bonds.